The Morgan fingerprint density at radius 1 is 1.40 bits per heavy atom. The molecule has 108 valence electrons. The number of carbonyl (C=O) groups excluding carboxylic acids is 2. The molecule has 1 aromatic carbocycles. The highest BCUT2D eigenvalue weighted by Gasteiger charge is 2.22. The van der Waals surface area contributed by atoms with E-state index in [0.717, 1.165) is 6.07 Å². The van der Waals surface area contributed by atoms with Gasteiger partial charge in [-0.15, -0.1) is 0 Å². The molecule has 0 aliphatic heterocycles. The van der Waals surface area contributed by atoms with E-state index in [-0.39, 0.29) is 22.9 Å². The van der Waals surface area contributed by atoms with Crippen LogP contribution in [0, 0.1) is 5.82 Å². The molecule has 2 amide bonds. The minimum absolute atomic E-state index is 0.0321. The molecule has 0 fully saturated rings. The third-order valence-corrected chi connectivity index (χ3v) is 3.29. The lowest BCUT2D eigenvalue weighted by atomic mass is 10.1. The fourth-order valence-corrected chi connectivity index (χ4v) is 1.90. The Kier molecular flexibility index (Phi) is 5.63. The van der Waals surface area contributed by atoms with Crippen LogP contribution in [0.5, 0.6) is 0 Å². The van der Waals surface area contributed by atoms with E-state index in [2.05, 4.69) is 21.2 Å². The number of carboxylic acid groups (broad SMARTS) is 1. The van der Waals surface area contributed by atoms with Gasteiger partial charge in [0.1, 0.15) is 11.9 Å². The van der Waals surface area contributed by atoms with Crippen LogP contribution in [-0.4, -0.2) is 28.9 Å². The number of rotatable bonds is 6. The molecule has 6 nitrogen and oxygen atoms in total. The number of primary amides is 1. The normalized spacial score (nSPS) is 11.7. The average molecular weight is 347 g/mol. The van der Waals surface area contributed by atoms with Gasteiger partial charge in [-0.25, -0.2) is 9.18 Å². The molecule has 0 unspecified atom stereocenters. The zero-order valence-corrected chi connectivity index (χ0v) is 11.8. The van der Waals surface area contributed by atoms with Crippen molar-refractivity contribution in [2.45, 2.75) is 18.9 Å². The van der Waals surface area contributed by atoms with Crippen molar-refractivity contribution in [1.82, 2.24) is 5.32 Å². The van der Waals surface area contributed by atoms with Crippen LogP contribution in [0.1, 0.15) is 23.2 Å². The Balaban J connectivity index is 2.83. The number of benzene rings is 1. The second-order valence-corrected chi connectivity index (χ2v) is 4.76. The highest BCUT2D eigenvalue weighted by molar-refractivity contribution is 9.10. The number of halogens is 2. The zero-order valence-electron chi connectivity index (χ0n) is 10.2. The molecule has 20 heavy (non-hydrogen) atoms. The summed E-state index contributed by atoms with van der Waals surface area (Å²) in [5, 5.41) is 11.2. The highest BCUT2D eigenvalue weighted by Crippen LogP contribution is 2.20. The summed E-state index contributed by atoms with van der Waals surface area (Å²) in [5.74, 6) is -3.36. The Morgan fingerprint density at radius 3 is 2.60 bits per heavy atom. The minimum Gasteiger partial charge on any atom is -0.480 e. The molecule has 1 rings (SSSR count). The molecule has 8 heteroatoms. The second-order valence-electron chi connectivity index (χ2n) is 3.97. The fourth-order valence-electron chi connectivity index (χ4n) is 1.46. The van der Waals surface area contributed by atoms with Gasteiger partial charge in [0.25, 0.3) is 5.91 Å². The first-order chi connectivity index (χ1) is 9.32. The summed E-state index contributed by atoms with van der Waals surface area (Å²) >= 11 is 2.91. The highest BCUT2D eigenvalue weighted by atomic mass is 79.9. The summed E-state index contributed by atoms with van der Waals surface area (Å²) in [6.45, 7) is 0. The lowest BCUT2D eigenvalue weighted by Crippen LogP contribution is -2.41. The first kappa shape index (κ1) is 16.1. The lowest BCUT2D eigenvalue weighted by Gasteiger charge is -2.14. The molecule has 0 saturated heterocycles. The summed E-state index contributed by atoms with van der Waals surface area (Å²) < 4.78 is 13.2. The van der Waals surface area contributed by atoms with Crippen LogP contribution in [0.25, 0.3) is 0 Å². The summed E-state index contributed by atoms with van der Waals surface area (Å²) in [6.07, 6.45) is -0.315. The molecule has 0 radical (unpaired) electrons. The molecule has 1 atom stereocenters. The number of carboxylic acids is 1. The quantitative estimate of drug-likeness (QED) is 0.714. The standard InChI is InChI=1S/C12H12BrFN2O4/c13-10-6(2-1-3-7(10)14)11(18)16-8(12(19)20)4-5-9(15)17/h1-3,8H,4-5H2,(H2,15,17)(H,16,18)(H,19,20)/t8-/m0/s1. The van der Waals surface area contributed by atoms with E-state index in [1.807, 2.05) is 0 Å². The number of nitrogens with two attached hydrogens (primary N) is 1. The average Bonchev–Trinajstić information content (AvgIpc) is 2.36. The third kappa shape index (κ3) is 4.30. The van der Waals surface area contributed by atoms with E-state index < -0.39 is 29.6 Å². The number of hydrogen-bond donors (Lipinski definition) is 3. The first-order valence-corrected chi connectivity index (χ1v) is 6.38. The van der Waals surface area contributed by atoms with E-state index in [9.17, 15) is 18.8 Å². The molecule has 0 aliphatic carbocycles. The van der Waals surface area contributed by atoms with E-state index in [1.165, 1.54) is 12.1 Å². The van der Waals surface area contributed by atoms with Gasteiger partial charge in [-0.05, 0) is 34.5 Å². The molecule has 0 aliphatic rings. The van der Waals surface area contributed by atoms with Crippen LogP contribution in [0.2, 0.25) is 0 Å². The summed E-state index contributed by atoms with van der Waals surface area (Å²) in [5.41, 5.74) is 4.89. The molecule has 0 spiro atoms. The maximum atomic E-state index is 13.3. The van der Waals surface area contributed by atoms with Crippen molar-refractivity contribution in [3.05, 3.63) is 34.1 Å². The van der Waals surface area contributed by atoms with Crippen molar-refractivity contribution in [2.75, 3.05) is 0 Å². The van der Waals surface area contributed by atoms with Crippen molar-refractivity contribution in [3.8, 4) is 0 Å². The maximum Gasteiger partial charge on any atom is 0.326 e. The Hall–Kier alpha value is -1.96. The van der Waals surface area contributed by atoms with Crippen molar-refractivity contribution in [3.63, 3.8) is 0 Å². The third-order valence-electron chi connectivity index (χ3n) is 2.48. The van der Waals surface area contributed by atoms with E-state index in [0.29, 0.717) is 0 Å². The van der Waals surface area contributed by atoms with Crippen LogP contribution in [0.15, 0.2) is 22.7 Å². The number of nitrogens with one attached hydrogen (secondary N) is 1. The van der Waals surface area contributed by atoms with Crippen molar-refractivity contribution in [1.29, 1.82) is 0 Å². The fraction of sp³-hybridized carbons (Fsp3) is 0.250. The molecular formula is C12H12BrFN2O4. The summed E-state index contributed by atoms with van der Waals surface area (Å²) in [4.78, 5) is 33.5. The monoisotopic (exact) mass is 346 g/mol. The summed E-state index contributed by atoms with van der Waals surface area (Å²) in [6, 6.07) is 2.55. The summed E-state index contributed by atoms with van der Waals surface area (Å²) in [7, 11) is 0. The van der Waals surface area contributed by atoms with Gasteiger partial charge in [-0.3, -0.25) is 9.59 Å². The van der Waals surface area contributed by atoms with Gasteiger partial charge in [0.2, 0.25) is 5.91 Å². The van der Waals surface area contributed by atoms with Gasteiger partial charge in [0.15, 0.2) is 0 Å². The van der Waals surface area contributed by atoms with Crippen molar-refractivity contribution in [2.24, 2.45) is 5.73 Å². The van der Waals surface area contributed by atoms with Gasteiger partial charge in [0, 0.05) is 6.42 Å². The lowest BCUT2D eigenvalue weighted by molar-refractivity contribution is -0.139. The molecule has 4 N–H and O–H groups in total. The van der Waals surface area contributed by atoms with E-state index >= 15 is 0 Å². The van der Waals surface area contributed by atoms with E-state index in [1.54, 1.807) is 0 Å². The smallest absolute Gasteiger partial charge is 0.326 e. The SMILES string of the molecule is NC(=O)CC[C@H](NC(=O)c1cccc(F)c1Br)C(=O)O. The Morgan fingerprint density at radius 2 is 2.05 bits per heavy atom. The largest absolute Gasteiger partial charge is 0.480 e. The molecule has 0 aromatic heterocycles. The van der Waals surface area contributed by atoms with Crippen LogP contribution in [0.3, 0.4) is 0 Å². The number of hydrogen-bond acceptors (Lipinski definition) is 3. The van der Waals surface area contributed by atoms with Crippen LogP contribution in [-0.2, 0) is 9.59 Å². The Labute approximate surface area is 122 Å². The molecular weight excluding hydrogens is 335 g/mol. The number of amides is 2. The van der Waals surface area contributed by atoms with Crippen LogP contribution in [0.4, 0.5) is 4.39 Å². The van der Waals surface area contributed by atoms with Crippen molar-refractivity contribution >= 4 is 33.7 Å². The van der Waals surface area contributed by atoms with Gasteiger partial charge in [-0.2, -0.15) is 0 Å². The minimum atomic E-state index is -1.30. The van der Waals surface area contributed by atoms with Gasteiger partial charge < -0.3 is 16.2 Å². The second kappa shape index (κ2) is 6.99. The number of aliphatic carboxylic acids is 1. The molecule has 0 saturated carbocycles. The van der Waals surface area contributed by atoms with Crippen LogP contribution >= 0.6 is 15.9 Å². The number of carbonyl (C=O) groups is 3. The Bertz CT molecular complexity index is 550. The predicted octanol–water partition coefficient (Wildman–Crippen LogP) is 1.04. The van der Waals surface area contributed by atoms with Crippen molar-refractivity contribution < 1.29 is 23.9 Å². The predicted molar refractivity (Wildman–Crippen MR) is 71.4 cm³/mol. The zero-order chi connectivity index (χ0) is 15.3. The topological polar surface area (TPSA) is 109 Å². The molecule has 1 aromatic rings. The molecule has 0 bridgehead atoms. The van der Waals surface area contributed by atoms with Crippen LogP contribution < -0.4 is 11.1 Å². The first-order valence-electron chi connectivity index (χ1n) is 5.59. The molecule has 0 heterocycles. The van der Waals surface area contributed by atoms with Gasteiger partial charge in [0.05, 0.1) is 10.0 Å². The van der Waals surface area contributed by atoms with Gasteiger partial charge in [-0.1, -0.05) is 6.07 Å². The maximum absolute atomic E-state index is 13.3. The van der Waals surface area contributed by atoms with Gasteiger partial charge >= 0.3 is 5.97 Å². The van der Waals surface area contributed by atoms with E-state index in [4.69, 9.17) is 10.8 Å².